The summed E-state index contributed by atoms with van der Waals surface area (Å²) in [5, 5.41) is 5.31. The molecule has 2 N–H and O–H groups in total. The van der Waals surface area contributed by atoms with Crippen molar-refractivity contribution in [3.05, 3.63) is 24.3 Å². The van der Waals surface area contributed by atoms with Crippen molar-refractivity contribution in [3.8, 4) is 0 Å². The third-order valence-corrected chi connectivity index (χ3v) is 2.15. The van der Waals surface area contributed by atoms with Crippen LogP contribution in [0.15, 0.2) is 24.3 Å². The molecule has 18 heavy (non-hydrogen) atoms. The molecule has 0 unspecified atom stereocenters. The smallest absolute Gasteiger partial charge is 0.411 e. The number of benzene rings is 1. The molecule has 0 aliphatic heterocycles. The second kappa shape index (κ2) is 7.32. The summed E-state index contributed by atoms with van der Waals surface area (Å²) in [5.41, 5.74) is 1.24. The number of anilines is 2. The summed E-state index contributed by atoms with van der Waals surface area (Å²) >= 11 is 0. The molecule has 0 saturated heterocycles. The zero-order chi connectivity index (χ0) is 13.4. The summed E-state index contributed by atoms with van der Waals surface area (Å²) in [5.74, 6) is -0.0688. The first-order valence-electron chi connectivity index (χ1n) is 5.99. The van der Waals surface area contributed by atoms with Crippen LogP contribution in [0.25, 0.3) is 0 Å². The highest BCUT2D eigenvalue weighted by molar-refractivity contribution is 5.92. The second-order valence-corrected chi connectivity index (χ2v) is 3.74. The lowest BCUT2D eigenvalue weighted by Gasteiger charge is -2.08. The van der Waals surface area contributed by atoms with Gasteiger partial charge >= 0.3 is 6.09 Å². The number of nitrogens with one attached hydrogen (secondary N) is 2. The second-order valence-electron chi connectivity index (χ2n) is 3.74. The molecule has 5 heteroatoms. The van der Waals surface area contributed by atoms with Crippen LogP contribution in [-0.4, -0.2) is 18.6 Å². The van der Waals surface area contributed by atoms with Gasteiger partial charge in [-0.25, -0.2) is 4.79 Å². The van der Waals surface area contributed by atoms with E-state index in [-0.39, 0.29) is 5.91 Å². The fraction of sp³-hybridized carbons (Fsp3) is 0.385. The molecule has 0 radical (unpaired) electrons. The van der Waals surface area contributed by atoms with Crippen molar-refractivity contribution in [2.75, 3.05) is 17.2 Å². The average Bonchev–Trinajstić information content (AvgIpc) is 2.36. The van der Waals surface area contributed by atoms with Gasteiger partial charge in [0.15, 0.2) is 0 Å². The Kier molecular flexibility index (Phi) is 5.70. The van der Waals surface area contributed by atoms with Crippen LogP contribution in [0.4, 0.5) is 16.2 Å². The highest BCUT2D eigenvalue weighted by Crippen LogP contribution is 2.15. The van der Waals surface area contributed by atoms with E-state index < -0.39 is 6.09 Å². The molecule has 0 bridgehead atoms. The predicted octanol–water partition coefficient (Wildman–Crippen LogP) is 2.99. The van der Waals surface area contributed by atoms with E-state index in [0.29, 0.717) is 24.4 Å². The largest absolute Gasteiger partial charge is 0.449 e. The molecule has 1 aromatic rings. The van der Waals surface area contributed by atoms with E-state index in [2.05, 4.69) is 10.6 Å². The van der Waals surface area contributed by atoms with Gasteiger partial charge in [-0.15, -0.1) is 0 Å². The van der Waals surface area contributed by atoms with E-state index in [1.54, 1.807) is 31.2 Å². The number of ether oxygens (including phenoxy) is 1. The van der Waals surface area contributed by atoms with Crippen LogP contribution in [-0.2, 0) is 9.53 Å². The number of hydrogen-bond acceptors (Lipinski definition) is 3. The molecule has 1 aromatic carbocycles. The molecule has 5 nitrogen and oxygen atoms in total. The molecule has 1 rings (SSSR count). The van der Waals surface area contributed by atoms with E-state index >= 15 is 0 Å². The molecule has 0 heterocycles. The summed E-state index contributed by atoms with van der Waals surface area (Å²) < 4.78 is 4.90. The minimum atomic E-state index is -0.490. The Labute approximate surface area is 107 Å². The minimum absolute atomic E-state index is 0.0688. The molecule has 2 amide bonds. The van der Waals surface area contributed by atoms with E-state index in [1.807, 2.05) is 6.92 Å². The standard InChI is InChI=1S/C13H18N2O3/c1-3-8-18-13(17)15-11-7-5-6-10(9-11)14-12(16)4-2/h5-7,9H,3-4,8H2,1-2H3,(H,14,16)(H,15,17). The molecule has 0 fully saturated rings. The number of carbonyl (C=O) groups excluding carboxylic acids is 2. The highest BCUT2D eigenvalue weighted by atomic mass is 16.5. The van der Waals surface area contributed by atoms with Crippen LogP contribution < -0.4 is 10.6 Å². The summed E-state index contributed by atoms with van der Waals surface area (Å²) in [6.45, 7) is 4.09. The van der Waals surface area contributed by atoms with Gasteiger partial charge in [0.05, 0.1) is 6.61 Å². The van der Waals surface area contributed by atoms with Gasteiger partial charge in [0, 0.05) is 17.8 Å². The lowest BCUT2D eigenvalue weighted by Crippen LogP contribution is -2.14. The van der Waals surface area contributed by atoms with Crippen molar-refractivity contribution < 1.29 is 14.3 Å². The van der Waals surface area contributed by atoms with Crippen molar-refractivity contribution in [1.29, 1.82) is 0 Å². The maximum Gasteiger partial charge on any atom is 0.411 e. The van der Waals surface area contributed by atoms with Gasteiger partial charge in [0.1, 0.15) is 0 Å². The average molecular weight is 250 g/mol. The van der Waals surface area contributed by atoms with Gasteiger partial charge in [-0.2, -0.15) is 0 Å². The molecular weight excluding hydrogens is 232 g/mol. The Balaban J connectivity index is 2.59. The summed E-state index contributed by atoms with van der Waals surface area (Å²) in [6, 6.07) is 6.92. The number of amides is 2. The quantitative estimate of drug-likeness (QED) is 0.844. The topological polar surface area (TPSA) is 67.4 Å². The third-order valence-electron chi connectivity index (χ3n) is 2.15. The molecule has 0 aliphatic carbocycles. The Morgan fingerprint density at radius 2 is 1.83 bits per heavy atom. The van der Waals surface area contributed by atoms with Crippen LogP contribution in [0.3, 0.4) is 0 Å². The van der Waals surface area contributed by atoms with Crippen molar-refractivity contribution in [2.24, 2.45) is 0 Å². The molecule has 0 spiro atoms. The van der Waals surface area contributed by atoms with E-state index in [9.17, 15) is 9.59 Å². The van der Waals surface area contributed by atoms with Gasteiger partial charge in [0.25, 0.3) is 0 Å². The maximum absolute atomic E-state index is 11.3. The number of carbonyl (C=O) groups is 2. The minimum Gasteiger partial charge on any atom is -0.449 e. The summed E-state index contributed by atoms with van der Waals surface area (Å²) in [7, 11) is 0. The van der Waals surface area contributed by atoms with Crippen molar-refractivity contribution in [2.45, 2.75) is 26.7 Å². The molecule has 0 saturated carbocycles. The highest BCUT2D eigenvalue weighted by Gasteiger charge is 2.04. The lowest BCUT2D eigenvalue weighted by molar-refractivity contribution is -0.115. The van der Waals surface area contributed by atoms with Crippen LogP contribution in [0, 0.1) is 0 Å². The molecule has 0 atom stereocenters. The summed E-state index contributed by atoms with van der Waals surface area (Å²) in [6.07, 6.45) is 0.701. The van der Waals surface area contributed by atoms with Crippen LogP contribution in [0.2, 0.25) is 0 Å². The van der Waals surface area contributed by atoms with Crippen molar-refractivity contribution in [3.63, 3.8) is 0 Å². The van der Waals surface area contributed by atoms with Gasteiger partial charge in [-0.1, -0.05) is 19.9 Å². The van der Waals surface area contributed by atoms with E-state index in [0.717, 1.165) is 6.42 Å². The maximum atomic E-state index is 11.3. The Bertz CT molecular complexity index is 418. The third kappa shape index (κ3) is 4.86. The van der Waals surface area contributed by atoms with Crippen molar-refractivity contribution >= 4 is 23.4 Å². The van der Waals surface area contributed by atoms with Gasteiger partial charge in [-0.3, -0.25) is 10.1 Å². The SMILES string of the molecule is CCCOC(=O)Nc1cccc(NC(=O)CC)c1. The zero-order valence-corrected chi connectivity index (χ0v) is 10.7. The Hall–Kier alpha value is -2.04. The predicted molar refractivity (Wildman–Crippen MR) is 70.6 cm³/mol. The van der Waals surface area contributed by atoms with Crippen LogP contribution in [0.5, 0.6) is 0 Å². The lowest BCUT2D eigenvalue weighted by atomic mass is 10.2. The number of rotatable bonds is 5. The monoisotopic (exact) mass is 250 g/mol. The van der Waals surface area contributed by atoms with Crippen LogP contribution in [0.1, 0.15) is 26.7 Å². The molecule has 0 aliphatic rings. The molecule has 0 aromatic heterocycles. The fourth-order valence-corrected chi connectivity index (χ4v) is 1.27. The Morgan fingerprint density at radius 3 is 2.44 bits per heavy atom. The zero-order valence-electron chi connectivity index (χ0n) is 10.7. The van der Waals surface area contributed by atoms with Gasteiger partial charge < -0.3 is 10.1 Å². The van der Waals surface area contributed by atoms with Gasteiger partial charge in [-0.05, 0) is 24.6 Å². The molecular formula is C13H18N2O3. The first kappa shape index (κ1) is 14.0. The van der Waals surface area contributed by atoms with Crippen LogP contribution >= 0.6 is 0 Å². The van der Waals surface area contributed by atoms with Gasteiger partial charge in [0.2, 0.25) is 5.91 Å². The summed E-state index contributed by atoms with van der Waals surface area (Å²) in [4.78, 5) is 22.6. The first-order valence-corrected chi connectivity index (χ1v) is 5.99. The molecule has 98 valence electrons. The number of hydrogen-bond donors (Lipinski definition) is 2. The van der Waals surface area contributed by atoms with E-state index in [1.165, 1.54) is 0 Å². The Morgan fingerprint density at radius 1 is 1.17 bits per heavy atom. The first-order chi connectivity index (χ1) is 8.65. The fourth-order valence-electron chi connectivity index (χ4n) is 1.27. The normalized spacial score (nSPS) is 9.67. The van der Waals surface area contributed by atoms with Crippen molar-refractivity contribution in [1.82, 2.24) is 0 Å². The van der Waals surface area contributed by atoms with E-state index in [4.69, 9.17) is 4.74 Å².